The second-order valence-electron chi connectivity index (χ2n) is 8.07. The first-order chi connectivity index (χ1) is 16.2. The molecule has 3 aromatic rings. The zero-order valence-electron chi connectivity index (χ0n) is 18.0. The molecule has 0 aliphatic carbocycles. The van der Waals surface area contributed by atoms with E-state index in [4.69, 9.17) is 5.11 Å². The zero-order chi connectivity index (χ0) is 24.3. The van der Waals surface area contributed by atoms with Crippen LogP contribution in [0.2, 0.25) is 0 Å². The molecule has 178 valence electrons. The van der Waals surface area contributed by atoms with Crippen LogP contribution in [-0.2, 0) is 23.9 Å². The maximum Gasteiger partial charge on any atom is 0.416 e. The fourth-order valence-electron chi connectivity index (χ4n) is 4.08. The van der Waals surface area contributed by atoms with Crippen molar-refractivity contribution in [2.24, 2.45) is 0 Å². The summed E-state index contributed by atoms with van der Waals surface area (Å²) in [5, 5.41) is 11.8. The van der Waals surface area contributed by atoms with Crippen LogP contribution in [0.25, 0.3) is 0 Å². The van der Waals surface area contributed by atoms with Crippen molar-refractivity contribution in [3.8, 4) is 0 Å². The Labute approximate surface area is 193 Å². The summed E-state index contributed by atoms with van der Waals surface area (Å²) in [6.45, 7) is 0.785. The van der Waals surface area contributed by atoms with Crippen LogP contribution in [0.3, 0.4) is 0 Å². The largest absolute Gasteiger partial charge is 0.481 e. The van der Waals surface area contributed by atoms with E-state index in [0.717, 1.165) is 24.1 Å². The van der Waals surface area contributed by atoms with E-state index in [0.29, 0.717) is 24.1 Å². The number of alkyl halides is 3. The normalized spacial score (nSPS) is 16.0. The molecule has 1 aliphatic heterocycles. The summed E-state index contributed by atoms with van der Waals surface area (Å²) in [4.78, 5) is 20.7. The first-order valence-electron chi connectivity index (χ1n) is 10.7. The molecule has 0 unspecified atom stereocenters. The average molecular weight is 474 g/mol. The Morgan fingerprint density at radius 1 is 1.06 bits per heavy atom. The number of benzene rings is 2. The number of rotatable bonds is 7. The monoisotopic (exact) mass is 474 g/mol. The van der Waals surface area contributed by atoms with Crippen LogP contribution in [0.4, 0.5) is 29.2 Å². The first kappa shape index (κ1) is 23.5. The molecule has 0 radical (unpaired) electrons. The molecule has 2 aromatic carbocycles. The predicted molar refractivity (Wildman–Crippen MR) is 118 cm³/mol. The number of aromatic nitrogens is 2. The van der Waals surface area contributed by atoms with Gasteiger partial charge in [0.25, 0.3) is 0 Å². The third-order valence-electron chi connectivity index (χ3n) is 5.76. The molecule has 0 spiro atoms. The minimum Gasteiger partial charge on any atom is -0.481 e. The van der Waals surface area contributed by atoms with E-state index in [2.05, 4.69) is 15.3 Å². The smallest absolute Gasteiger partial charge is 0.416 e. The fourth-order valence-corrected chi connectivity index (χ4v) is 4.08. The summed E-state index contributed by atoms with van der Waals surface area (Å²) in [7, 11) is 0. The van der Waals surface area contributed by atoms with Gasteiger partial charge in [0.15, 0.2) is 11.6 Å². The highest BCUT2D eigenvalue weighted by molar-refractivity contribution is 5.70. The molecule has 2 heterocycles. The molecule has 1 aromatic heterocycles. The summed E-state index contributed by atoms with van der Waals surface area (Å²) in [5.41, 5.74) is 1.42. The number of carboxylic acids is 1. The van der Waals surface area contributed by atoms with Gasteiger partial charge in [-0.2, -0.15) is 17.6 Å². The maximum absolute atomic E-state index is 15.3. The van der Waals surface area contributed by atoms with Crippen molar-refractivity contribution >= 4 is 17.6 Å². The Morgan fingerprint density at radius 2 is 1.74 bits per heavy atom. The number of nitrogens with one attached hydrogen (secondary N) is 1. The van der Waals surface area contributed by atoms with Crippen molar-refractivity contribution in [2.75, 3.05) is 16.8 Å². The fraction of sp³-hybridized carbons (Fsp3) is 0.292. The van der Waals surface area contributed by atoms with Crippen molar-refractivity contribution in [1.82, 2.24) is 9.97 Å². The van der Waals surface area contributed by atoms with Gasteiger partial charge in [-0.25, -0.2) is 9.97 Å². The Morgan fingerprint density at radius 3 is 2.38 bits per heavy atom. The molecule has 1 fully saturated rings. The lowest BCUT2D eigenvalue weighted by molar-refractivity contribution is -0.138. The highest BCUT2D eigenvalue weighted by Crippen LogP contribution is 2.38. The summed E-state index contributed by atoms with van der Waals surface area (Å²) in [5.74, 6) is -1.45. The average Bonchev–Trinajstić information content (AvgIpc) is 3.28. The van der Waals surface area contributed by atoms with E-state index in [1.807, 2.05) is 0 Å². The SMILES string of the molecule is O=C(O)Cc1ccc(CNc2ncnc(N3CCC[C@@H]3c3ccc(C(F)(F)F)cc3)c2F)cc1. The van der Waals surface area contributed by atoms with Crippen LogP contribution < -0.4 is 10.2 Å². The molecule has 10 heteroatoms. The van der Waals surface area contributed by atoms with Crippen molar-refractivity contribution in [3.05, 3.63) is 82.9 Å². The van der Waals surface area contributed by atoms with E-state index >= 15 is 4.39 Å². The van der Waals surface area contributed by atoms with Gasteiger partial charge in [0.1, 0.15) is 6.33 Å². The third kappa shape index (κ3) is 5.27. The molecule has 6 nitrogen and oxygen atoms in total. The van der Waals surface area contributed by atoms with Crippen LogP contribution >= 0.6 is 0 Å². The molecule has 0 amide bonds. The third-order valence-corrected chi connectivity index (χ3v) is 5.76. The molecule has 0 saturated carbocycles. The number of carbonyl (C=O) groups is 1. The van der Waals surface area contributed by atoms with Gasteiger partial charge in [0, 0.05) is 13.1 Å². The highest BCUT2D eigenvalue weighted by Gasteiger charge is 2.33. The molecule has 2 N–H and O–H groups in total. The van der Waals surface area contributed by atoms with Crippen LogP contribution in [0.15, 0.2) is 54.9 Å². The minimum absolute atomic E-state index is 0.0117. The van der Waals surface area contributed by atoms with Crippen molar-refractivity contribution in [2.45, 2.75) is 38.0 Å². The van der Waals surface area contributed by atoms with Gasteiger partial charge < -0.3 is 15.3 Å². The van der Waals surface area contributed by atoms with E-state index in [1.54, 1.807) is 29.2 Å². The van der Waals surface area contributed by atoms with E-state index in [9.17, 15) is 18.0 Å². The second-order valence-corrected chi connectivity index (χ2v) is 8.07. The van der Waals surface area contributed by atoms with Gasteiger partial charge >= 0.3 is 12.1 Å². The predicted octanol–water partition coefficient (Wildman–Crippen LogP) is 5.22. The van der Waals surface area contributed by atoms with E-state index in [-0.39, 0.29) is 30.6 Å². The first-order valence-corrected chi connectivity index (χ1v) is 10.7. The van der Waals surface area contributed by atoms with Gasteiger partial charge in [-0.3, -0.25) is 4.79 Å². The standard InChI is InChI=1S/C24H22F4N4O2/c25-21-22(29-13-16-5-3-15(4-6-16)12-20(33)34)30-14-31-23(21)32-11-1-2-19(32)17-7-9-18(10-8-17)24(26,27)28/h3-10,14,19H,1-2,11-13H2,(H,33,34)(H,29,30,31)/t19-/m1/s1. The summed E-state index contributed by atoms with van der Waals surface area (Å²) >= 11 is 0. The summed E-state index contributed by atoms with van der Waals surface area (Å²) in [6.07, 6.45) is -1.82. The zero-order valence-corrected chi connectivity index (χ0v) is 18.0. The van der Waals surface area contributed by atoms with Crippen LogP contribution in [0.1, 0.15) is 41.1 Å². The lowest BCUT2D eigenvalue weighted by atomic mass is 10.0. The topological polar surface area (TPSA) is 78.3 Å². The molecule has 4 rings (SSSR count). The van der Waals surface area contributed by atoms with Crippen LogP contribution in [0.5, 0.6) is 0 Å². The number of hydrogen-bond acceptors (Lipinski definition) is 5. The minimum atomic E-state index is -4.41. The summed E-state index contributed by atoms with van der Waals surface area (Å²) in [6, 6.07) is 11.6. The lowest BCUT2D eigenvalue weighted by Gasteiger charge is -2.27. The molecule has 0 bridgehead atoms. The Balaban J connectivity index is 1.49. The van der Waals surface area contributed by atoms with Gasteiger partial charge in [-0.1, -0.05) is 36.4 Å². The van der Waals surface area contributed by atoms with Crippen molar-refractivity contribution in [3.63, 3.8) is 0 Å². The number of nitrogens with zero attached hydrogens (tertiary/aromatic N) is 3. The van der Waals surface area contributed by atoms with Crippen molar-refractivity contribution < 1.29 is 27.5 Å². The summed E-state index contributed by atoms with van der Waals surface area (Å²) < 4.78 is 54.0. The Kier molecular flexibility index (Phi) is 6.67. The molecule has 34 heavy (non-hydrogen) atoms. The second kappa shape index (κ2) is 9.66. The Bertz CT molecular complexity index is 1150. The van der Waals surface area contributed by atoms with E-state index < -0.39 is 23.5 Å². The molecule has 1 atom stereocenters. The molecular weight excluding hydrogens is 452 g/mol. The number of aliphatic carboxylic acids is 1. The quantitative estimate of drug-likeness (QED) is 0.458. The lowest BCUT2D eigenvalue weighted by Crippen LogP contribution is -2.25. The van der Waals surface area contributed by atoms with Crippen LogP contribution in [0, 0.1) is 5.82 Å². The van der Waals surface area contributed by atoms with Crippen molar-refractivity contribution in [1.29, 1.82) is 0 Å². The Hall–Kier alpha value is -3.69. The molecule has 1 aliphatic rings. The van der Waals surface area contributed by atoms with Crippen LogP contribution in [-0.4, -0.2) is 27.6 Å². The molecular formula is C24H22F4N4O2. The number of carboxylic acid groups (broad SMARTS) is 1. The van der Waals surface area contributed by atoms with Gasteiger partial charge in [-0.15, -0.1) is 0 Å². The number of halogens is 4. The highest BCUT2D eigenvalue weighted by atomic mass is 19.4. The number of anilines is 2. The molecule has 1 saturated heterocycles. The van der Waals surface area contributed by atoms with Gasteiger partial charge in [0.2, 0.25) is 5.82 Å². The van der Waals surface area contributed by atoms with E-state index in [1.165, 1.54) is 18.5 Å². The maximum atomic E-state index is 15.3. The number of hydrogen-bond donors (Lipinski definition) is 2. The van der Waals surface area contributed by atoms with Gasteiger partial charge in [0.05, 0.1) is 18.0 Å². The van der Waals surface area contributed by atoms with Gasteiger partial charge in [-0.05, 0) is 41.7 Å².